The fourth-order valence-electron chi connectivity index (χ4n) is 3.00. The molecule has 18 heavy (non-hydrogen) atoms. The highest BCUT2D eigenvalue weighted by atomic mass is 32.1. The number of thiol groups is 1. The Morgan fingerprint density at radius 2 is 1.78 bits per heavy atom. The van der Waals surface area contributed by atoms with Crippen LogP contribution in [0.3, 0.4) is 0 Å². The van der Waals surface area contributed by atoms with Crippen molar-refractivity contribution in [2.45, 2.75) is 58.4 Å². The van der Waals surface area contributed by atoms with Gasteiger partial charge in [0.2, 0.25) is 0 Å². The number of rotatable bonds is 7. The molecule has 0 aromatic heterocycles. The lowest BCUT2D eigenvalue weighted by Crippen LogP contribution is -2.44. The summed E-state index contributed by atoms with van der Waals surface area (Å²) in [6, 6.07) is 0.597. The molecule has 1 fully saturated rings. The van der Waals surface area contributed by atoms with Gasteiger partial charge in [0.1, 0.15) is 0 Å². The largest absolute Gasteiger partial charge is 0.383 e. The quantitative estimate of drug-likeness (QED) is 0.562. The third kappa shape index (κ3) is 5.10. The van der Waals surface area contributed by atoms with Gasteiger partial charge in [-0.15, -0.1) is 0 Å². The van der Waals surface area contributed by atoms with Crippen LogP contribution in [0.5, 0.6) is 0 Å². The van der Waals surface area contributed by atoms with Gasteiger partial charge >= 0.3 is 0 Å². The molecule has 0 atom stereocenters. The number of hydrogen-bond donors (Lipinski definition) is 1. The minimum atomic E-state index is 0.442. The summed E-state index contributed by atoms with van der Waals surface area (Å²) in [6.07, 6.45) is 8.30. The lowest BCUT2D eigenvalue weighted by Gasteiger charge is -2.39. The van der Waals surface area contributed by atoms with Crippen molar-refractivity contribution in [2.24, 2.45) is 5.41 Å². The molecule has 0 aromatic carbocycles. The Kier molecular flexibility index (Phi) is 7.66. The van der Waals surface area contributed by atoms with Crippen LogP contribution < -0.4 is 0 Å². The van der Waals surface area contributed by atoms with E-state index < -0.39 is 0 Å². The van der Waals surface area contributed by atoms with Gasteiger partial charge in [-0.25, -0.2) is 0 Å². The van der Waals surface area contributed by atoms with Crippen LogP contribution in [0.1, 0.15) is 52.4 Å². The van der Waals surface area contributed by atoms with Gasteiger partial charge in [-0.05, 0) is 37.9 Å². The second-order valence-electron chi connectivity index (χ2n) is 6.13. The van der Waals surface area contributed by atoms with Crippen molar-refractivity contribution in [1.82, 2.24) is 4.90 Å². The van der Waals surface area contributed by atoms with E-state index in [9.17, 15) is 0 Å². The summed E-state index contributed by atoms with van der Waals surface area (Å²) in [5.41, 5.74) is 0.442. The van der Waals surface area contributed by atoms with E-state index in [-0.39, 0.29) is 0 Å². The van der Waals surface area contributed by atoms with Gasteiger partial charge in [0, 0.05) is 26.2 Å². The normalized spacial score (nSPS) is 20.3. The van der Waals surface area contributed by atoms with Crippen molar-refractivity contribution >= 4 is 12.6 Å². The summed E-state index contributed by atoms with van der Waals surface area (Å²) in [5, 5.41) is 0. The molecule has 0 N–H and O–H groups in total. The van der Waals surface area contributed by atoms with E-state index in [0.717, 1.165) is 18.9 Å². The predicted octanol–water partition coefficient (Wildman–Crippen LogP) is 3.61. The molecule has 0 saturated heterocycles. The first-order valence-electron chi connectivity index (χ1n) is 7.47. The highest BCUT2D eigenvalue weighted by Crippen LogP contribution is 2.37. The Balaban J connectivity index is 2.61. The van der Waals surface area contributed by atoms with Gasteiger partial charge < -0.3 is 4.74 Å². The first-order valence-corrected chi connectivity index (χ1v) is 8.11. The van der Waals surface area contributed by atoms with E-state index in [2.05, 4.69) is 31.4 Å². The van der Waals surface area contributed by atoms with Crippen molar-refractivity contribution in [2.75, 3.05) is 32.6 Å². The SMILES string of the molecule is COCCN(CC1(CS)CCCCCC1)C(C)C. The maximum absolute atomic E-state index is 5.24. The first-order chi connectivity index (χ1) is 8.63. The second kappa shape index (κ2) is 8.44. The second-order valence-corrected chi connectivity index (χ2v) is 6.45. The molecule has 1 aliphatic rings. The fraction of sp³-hybridized carbons (Fsp3) is 1.00. The number of methoxy groups -OCH3 is 1. The van der Waals surface area contributed by atoms with Crippen LogP contribution in [0.15, 0.2) is 0 Å². The smallest absolute Gasteiger partial charge is 0.0589 e. The summed E-state index contributed by atoms with van der Waals surface area (Å²) in [6.45, 7) is 7.65. The fourth-order valence-corrected chi connectivity index (χ4v) is 3.42. The average Bonchev–Trinajstić information content (AvgIpc) is 2.60. The number of hydrogen-bond acceptors (Lipinski definition) is 3. The van der Waals surface area contributed by atoms with Crippen LogP contribution in [-0.2, 0) is 4.74 Å². The van der Waals surface area contributed by atoms with Gasteiger partial charge in [-0.2, -0.15) is 12.6 Å². The van der Waals surface area contributed by atoms with E-state index in [4.69, 9.17) is 4.74 Å². The number of ether oxygens (including phenoxy) is 1. The van der Waals surface area contributed by atoms with E-state index in [1.807, 2.05) is 0 Å². The molecule has 0 aliphatic heterocycles. The van der Waals surface area contributed by atoms with Gasteiger partial charge in [-0.1, -0.05) is 25.7 Å². The van der Waals surface area contributed by atoms with Crippen molar-refractivity contribution in [3.8, 4) is 0 Å². The summed E-state index contributed by atoms with van der Waals surface area (Å²) in [4.78, 5) is 2.57. The Bertz CT molecular complexity index is 213. The van der Waals surface area contributed by atoms with Crippen LogP contribution in [-0.4, -0.2) is 43.5 Å². The first kappa shape index (κ1) is 16.3. The van der Waals surface area contributed by atoms with Crippen LogP contribution in [0.4, 0.5) is 0 Å². The zero-order valence-corrected chi connectivity index (χ0v) is 13.3. The van der Waals surface area contributed by atoms with Crippen molar-refractivity contribution in [3.63, 3.8) is 0 Å². The highest BCUT2D eigenvalue weighted by molar-refractivity contribution is 7.80. The third-order valence-electron chi connectivity index (χ3n) is 4.35. The minimum Gasteiger partial charge on any atom is -0.383 e. The van der Waals surface area contributed by atoms with E-state index in [1.54, 1.807) is 7.11 Å². The number of nitrogens with zero attached hydrogens (tertiary/aromatic N) is 1. The molecule has 0 unspecified atom stereocenters. The Morgan fingerprint density at radius 3 is 2.22 bits per heavy atom. The van der Waals surface area contributed by atoms with Gasteiger partial charge in [0.05, 0.1) is 6.61 Å². The van der Waals surface area contributed by atoms with E-state index in [0.29, 0.717) is 11.5 Å². The summed E-state index contributed by atoms with van der Waals surface area (Å²) < 4.78 is 5.24. The summed E-state index contributed by atoms with van der Waals surface area (Å²) in [7, 11) is 1.79. The Labute approximate surface area is 119 Å². The van der Waals surface area contributed by atoms with Crippen molar-refractivity contribution in [1.29, 1.82) is 0 Å². The Morgan fingerprint density at radius 1 is 1.17 bits per heavy atom. The van der Waals surface area contributed by atoms with Gasteiger partial charge in [0.25, 0.3) is 0 Å². The lowest BCUT2D eigenvalue weighted by molar-refractivity contribution is 0.0855. The molecule has 0 bridgehead atoms. The molecular weight excluding hydrogens is 242 g/mol. The molecule has 0 heterocycles. The summed E-state index contributed by atoms with van der Waals surface area (Å²) in [5.74, 6) is 1.03. The van der Waals surface area contributed by atoms with Gasteiger partial charge in [-0.3, -0.25) is 4.90 Å². The molecule has 2 nitrogen and oxygen atoms in total. The molecule has 0 spiro atoms. The molecule has 0 radical (unpaired) electrons. The third-order valence-corrected chi connectivity index (χ3v) is 5.02. The van der Waals surface area contributed by atoms with E-state index in [1.165, 1.54) is 45.1 Å². The zero-order chi connectivity index (χ0) is 13.4. The molecule has 0 aromatic rings. The van der Waals surface area contributed by atoms with Crippen molar-refractivity contribution in [3.05, 3.63) is 0 Å². The monoisotopic (exact) mass is 273 g/mol. The van der Waals surface area contributed by atoms with Crippen LogP contribution in [0, 0.1) is 5.41 Å². The zero-order valence-electron chi connectivity index (χ0n) is 12.5. The molecule has 1 aliphatic carbocycles. The molecule has 1 rings (SSSR count). The molecule has 0 amide bonds. The van der Waals surface area contributed by atoms with Crippen LogP contribution >= 0.6 is 12.6 Å². The topological polar surface area (TPSA) is 12.5 Å². The Hall–Kier alpha value is 0.270. The van der Waals surface area contributed by atoms with E-state index >= 15 is 0 Å². The molecular formula is C15H31NOS. The molecule has 1 saturated carbocycles. The van der Waals surface area contributed by atoms with Gasteiger partial charge in [0.15, 0.2) is 0 Å². The highest BCUT2D eigenvalue weighted by Gasteiger charge is 2.32. The standard InChI is InChI=1S/C15H31NOS/c1-14(2)16(10-11-17-3)12-15(13-18)8-6-4-5-7-9-15/h14,18H,4-13H2,1-3H3. The van der Waals surface area contributed by atoms with Crippen LogP contribution in [0.2, 0.25) is 0 Å². The van der Waals surface area contributed by atoms with Crippen molar-refractivity contribution < 1.29 is 4.74 Å². The maximum atomic E-state index is 5.24. The predicted molar refractivity (Wildman–Crippen MR) is 82.6 cm³/mol. The summed E-state index contributed by atoms with van der Waals surface area (Å²) >= 11 is 4.67. The average molecular weight is 273 g/mol. The van der Waals surface area contributed by atoms with Crippen LogP contribution in [0.25, 0.3) is 0 Å². The molecule has 108 valence electrons. The molecule has 3 heteroatoms. The lowest BCUT2D eigenvalue weighted by atomic mass is 9.81. The maximum Gasteiger partial charge on any atom is 0.0589 e. The minimum absolute atomic E-state index is 0.442.